The molecule has 0 radical (unpaired) electrons. The maximum Gasteiger partial charge on any atom is 0.141 e. The summed E-state index contributed by atoms with van der Waals surface area (Å²) in [5.41, 5.74) is 7.14. The van der Waals surface area contributed by atoms with Crippen LogP contribution < -0.4 is 10.5 Å². The highest BCUT2D eigenvalue weighted by atomic mass is 16.5. The zero-order chi connectivity index (χ0) is 12.8. The number of aromatic nitrogens is 1. The average Bonchev–Trinajstić information content (AvgIpc) is 2.45. The van der Waals surface area contributed by atoms with E-state index in [4.69, 9.17) is 10.5 Å². The molecule has 3 heteroatoms. The van der Waals surface area contributed by atoms with Gasteiger partial charge in [-0.3, -0.25) is 4.98 Å². The highest BCUT2D eigenvalue weighted by Gasteiger charge is 2.17. The van der Waals surface area contributed by atoms with E-state index < -0.39 is 0 Å². The van der Waals surface area contributed by atoms with Crippen molar-refractivity contribution < 1.29 is 4.74 Å². The van der Waals surface area contributed by atoms with Crippen molar-refractivity contribution in [1.29, 1.82) is 0 Å². The van der Waals surface area contributed by atoms with Gasteiger partial charge in [-0.05, 0) is 30.9 Å². The van der Waals surface area contributed by atoms with Gasteiger partial charge in [0.15, 0.2) is 0 Å². The van der Waals surface area contributed by atoms with Crippen molar-refractivity contribution in [2.24, 2.45) is 11.7 Å². The molecule has 0 bridgehead atoms. The van der Waals surface area contributed by atoms with Crippen molar-refractivity contribution in [2.45, 2.75) is 51.0 Å². The average molecular weight is 248 g/mol. The highest BCUT2D eigenvalue weighted by molar-refractivity contribution is 5.29. The summed E-state index contributed by atoms with van der Waals surface area (Å²) in [6.45, 7) is 0. The smallest absolute Gasteiger partial charge is 0.141 e. The molecule has 0 spiro atoms. The number of hydrogen-bond donors (Lipinski definition) is 1. The van der Waals surface area contributed by atoms with Crippen LogP contribution in [0.3, 0.4) is 0 Å². The molecule has 3 nitrogen and oxygen atoms in total. The molecular weight excluding hydrogens is 224 g/mol. The third-order valence-corrected chi connectivity index (χ3v) is 3.98. The van der Waals surface area contributed by atoms with E-state index in [1.807, 2.05) is 12.1 Å². The molecule has 1 heterocycles. The van der Waals surface area contributed by atoms with E-state index in [1.54, 1.807) is 13.3 Å². The number of hydrogen-bond acceptors (Lipinski definition) is 3. The van der Waals surface area contributed by atoms with Crippen LogP contribution in [0.2, 0.25) is 0 Å². The maximum atomic E-state index is 6.25. The molecule has 100 valence electrons. The van der Waals surface area contributed by atoms with Gasteiger partial charge in [-0.15, -0.1) is 0 Å². The van der Waals surface area contributed by atoms with Crippen LogP contribution in [-0.2, 0) is 0 Å². The van der Waals surface area contributed by atoms with Crippen LogP contribution in [0.15, 0.2) is 18.3 Å². The van der Waals surface area contributed by atoms with Crippen molar-refractivity contribution in [3.63, 3.8) is 0 Å². The maximum absolute atomic E-state index is 6.25. The Morgan fingerprint density at radius 2 is 2.17 bits per heavy atom. The van der Waals surface area contributed by atoms with Gasteiger partial charge in [-0.1, -0.05) is 32.1 Å². The van der Waals surface area contributed by atoms with Gasteiger partial charge in [0, 0.05) is 6.20 Å². The van der Waals surface area contributed by atoms with Crippen molar-refractivity contribution in [1.82, 2.24) is 4.98 Å². The molecule has 0 amide bonds. The predicted octanol–water partition coefficient (Wildman–Crippen LogP) is 3.45. The van der Waals surface area contributed by atoms with Gasteiger partial charge in [0.25, 0.3) is 0 Å². The molecule has 1 aliphatic carbocycles. The molecule has 2 rings (SSSR count). The second kappa shape index (κ2) is 6.74. The van der Waals surface area contributed by atoms with Crippen LogP contribution in [-0.4, -0.2) is 12.1 Å². The second-order valence-corrected chi connectivity index (χ2v) is 5.28. The van der Waals surface area contributed by atoms with E-state index in [0.29, 0.717) is 0 Å². The van der Waals surface area contributed by atoms with Gasteiger partial charge < -0.3 is 10.5 Å². The summed E-state index contributed by atoms with van der Waals surface area (Å²) in [5.74, 6) is 1.69. The van der Waals surface area contributed by atoms with Crippen LogP contribution in [0.1, 0.15) is 56.7 Å². The minimum absolute atomic E-state index is 0.00285. The highest BCUT2D eigenvalue weighted by Crippen LogP contribution is 2.31. The Morgan fingerprint density at radius 3 is 2.89 bits per heavy atom. The zero-order valence-corrected chi connectivity index (χ0v) is 11.3. The summed E-state index contributed by atoms with van der Waals surface area (Å²) in [4.78, 5) is 4.36. The fourth-order valence-electron chi connectivity index (χ4n) is 2.88. The number of rotatable bonds is 5. The van der Waals surface area contributed by atoms with E-state index >= 15 is 0 Å². The first-order chi connectivity index (χ1) is 8.81. The first kappa shape index (κ1) is 13.3. The molecular formula is C15H24N2O. The Balaban J connectivity index is 1.88. The van der Waals surface area contributed by atoms with Gasteiger partial charge in [0.1, 0.15) is 5.75 Å². The zero-order valence-electron chi connectivity index (χ0n) is 11.3. The van der Waals surface area contributed by atoms with E-state index in [9.17, 15) is 0 Å². The number of nitrogens with two attached hydrogens (primary N) is 1. The number of ether oxygens (including phenoxy) is 1. The Kier molecular flexibility index (Phi) is 5.00. The van der Waals surface area contributed by atoms with E-state index in [2.05, 4.69) is 4.98 Å². The molecule has 1 atom stereocenters. The molecule has 1 fully saturated rings. The van der Waals surface area contributed by atoms with Crippen LogP contribution in [0, 0.1) is 5.92 Å². The van der Waals surface area contributed by atoms with Crippen LogP contribution in [0.4, 0.5) is 0 Å². The summed E-state index contributed by atoms with van der Waals surface area (Å²) in [7, 11) is 1.67. The first-order valence-corrected chi connectivity index (χ1v) is 7.05. The van der Waals surface area contributed by atoms with E-state index in [-0.39, 0.29) is 6.04 Å². The third-order valence-electron chi connectivity index (χ3n) is 3.98. The van der Waals surface area contributed by atoms with Gasteiger partial charge in [-0.25, -0.2) is 0 Å². The largest absolute Gasteiger partial charge is 0.495 e. The normalized spacial score (nSPS) is 18.6. The van der Waals surface area contributed by atoms with E-state index in [0.717, 1.165) is 23.8 Å². The molecule has 1 aliphatic rings. The second-order valence-electron chi connectivity index (χ2n) is 5.28. The van der Waals surface area contributed by atoms with Crippen LogP contribution in [0.5, 0.6) is 5.75 Å². The summed E-state index contributed by atoms with van der Waals surface area (Å²) < 4.78 is 5.32. The molecule has 0 aromatic carbocycles. The Bertz CT molecular complexity index is 361. The summed E-state index contributed by atoms with van der Waals surface area (Å²) in [5, 5.41) is 0. The number of pyridine rings is 1. The molecule has 2 N–H and O–H groups in total. The lowest BCUT2D eigenvalue weighted by molar-refractivity contribution is 0.321. The summed E-state index contributed by atoms with van der Waals surface area (Å²) in [6.07, 6.45) is 11.0. The fourth-order valence-corrected chi connectivity index (χ4v) is 2.88. The Labute approximate surface area is 110 Å². The summed E-state index contributed by atoms with van der Waals surface area (Å²) in [6, 6.07) is 3.82. The van der Waals surface area contributed by atoms with Gasteiger partial charge >= 0.3 is 0 Å². The van der Waals surface area contributed by atoms with Crippen LogP contribution in [0.25, 0.3) is 0 Å². The molecule has 1 unspecified atom stereocenters. The van der Waals surface area contributed by atoms with Gasteiger partial charge in [-0.2, -0.15) is 0 Å². The lowest BCUT2D eigenvalue weighted by Gasteiger charge is -2.23. The van der Waals surface area contributed by atoms with Crippen molar-refractivity contribution in [3.8, 4) is 5.75 Å². The lowest BCUT2D eigenvalue weighted by Crippen LogP contribution is -2.16. The Morgan fingerprint density at radius 1 is 1.39 bits per heavy atom. The third kappa shape index (κ3) is 3.45. The van der Waals surface area contributed by atoms with Gasteiger partial charge in [0.2, 0.25) is 0 Å². The van der Waals surface area contributed by atoms with Crippen molar-refractivity contribution in [2.75, 3.05) is 7.11 Å². The number of methoxy groups -OCH3 is 1. The molecule has 1 aromatic rings. The fraction of sp³-hybridized carbons (Fsp3) is 0.667. The SMILES string of the molecule is COc1cccnc1C(N)CCC1CCCCC1. The quantitative estimate of drug-likeness (QED) is 0.868. The Hall–Kier alpha value is -1.09. The molecule has 1 saturated carbocycles. The van der Waals surface area contributed by atoms with Crippen molar-refractivity contribution >= 4 is 0 Å². The lowest BCUT2D eigenvalue weighted by atomic mass is 9.85. The predicted molar refractivity (Wildman–Crippen MR) is 73.5 cm³/mol. The van der Waals surface area contributed by atoms with Gasteiger partial charge in [0.05, 0.1) is 18.8 Å². The molecule has 18 heavy (non-hydrogen) atoms. The van der Waals surface area contributed by atoms with Crippen molar-refractivity contribution in [3.05, 3.63) is 24.0 Å². The van der Waals surface area contributed by atoms with Crippen LogP contribution >= 0.6 is 0 Å². The molecule has 0 aliphatic heterocycles. The minimum atomic E-state index is 0.00285. The van der Waals surface area contributed by atoms with E-state index in [1.165, 1.54) is 38.5 Å². The molecule has 0 saturated heterocycles. The monoisotopic (exact) mass is 248 g/mol. The molecule has 1 aromatic heterocycles. The number of nitrogens with zero attached hydrogens (tertiary/aromatic N) is 1. The minimum Gasteiger partial charge on any atom is -0.495 e. The first-order valence-electron chi connectivity index (χ1n) is 7.05. The topological polar surface area (TPSA) is 48.1 Å². The summed E-state index contributed by atoms with van der Waals surface area (Å²) >= 11 is 0. The standard InChI is InChI=1S/C15H24N2O/c1-18-14-8-5-11-17-15(14)13(16)10-9-12-6-3-2-4-7-12/h5,8,11-13H,2-4,6-7,9-10,16H2,1H3.